The maximum atomic E-state index is 12.3. The van der Waals surface area contributed by atoms with Crippen LogP contribution in [-0.2, 0) is 19.9 Å². The van der Waals surface area contributed by atoms with Gasteiger partial charge in [0, 0.05) is 13.2 Å². The van der Waals surface area contributed by atoms with E-state index in [1.807, 2.05) is 37.3 Å². The van der Waals surface area contributed by atoms with Crippen molar-refractivity contribution in [1.29, 1.82) is 0 Å². The van der Waals surface area contributed by atoms with E-state index in [9.17, 15) is 9.59 Å². The average molecular weight is 386 g/mol. The molecule has 0 bridgehead atoms. The molecule has 2 aromatic carbocycles. The molecule has 2 rings (SSSR count). The number of carbonyl (C=O) groups excluding carboxylic acids is 2. The summed E-state index contributed by atoms with van der Waals surface area (Å²) in [5.74, 6) is -0.583. The number of rotatable bonds is 8. The molecule has 0 radical (unpaired) electrons. The standard InChI is InChI=1S/C21H26N2O5/c1-5-21(28-4,15-9-7-6-8-10-15)14-22-19(24)20(25)23-17-12-11-16(26-2)13-18(17)27-3/h6-13H,5,14H2,1-4H3,(H,22,24)(H,23,25). The van der Waals surface area contributed by atoms with E-state index in [0.29, 0.717) is 23.6 Å². The first kappa shape index (κ1) is 21.2. The zero-order chi connectivity index (χ0) is 20.6. The van der Waals surface area contributed by atoms with Crippen LogP contribution in [0.25, 0.3) is 0 Å². The van der Waals surface area contributed by atoms with Crippen LogP contribution in [0.5, 0.6) is 11.5 Å². The molecule has 2 N–H and O–H groups in total. The Morgan fingerprint density at radius 3 is 2.25 bits per heavy atom. The lowest BCUT2D eigenvalue weighted by atomic mass is 9.90. The van der Waals surface area contributed by atoms with Crippen LogP contribution in [0.1, 0.15) is 18.9 Å². The Bertz CT molecular complexity index is 804. The largest absolute Gasteiger partial charge is 0.497 e. The van der Waals surface area contributed by atoms with Gasteiger partial charge in [-0.25, -0.2) is 0 Å². The molecular weight excluding hydrogens is 360 g/mol. The molecule has 0 saturated heterocycles. The molecule has 150 valence electrons. The first-order valence-electron chi connectivity index (χ1n) is 8.91. The van der Waals surface area contributed by atoms with Crippen molar-refractivity contribution in [2.24, 2.45) is 0 Å². The molecule has 0 aromatic heterocycles. The number of methoxy groups -OCH3 is 3. The third-order valence-corrected chi connectivity index (χ3v) is 4.66. The zero-order valence-electron chi connectivity index (χ0n) is 16.6. The second-order valence-corrected chi connectivity index (χ2v) is 6.12. The summed E-state index contributed by atoms with van der Waals surface area (Å²) in [6, 6.07) is 14.5. The number of anilines is 1. The van der Waals surface area contributed by atoms with E-state index >= 15 is 0 Å². The highest BCUT2D eigenvalue weighted by atomic mass is 16.5. The second-order valence-electron chi connectivity index (χ2n) is 6.12. The van der Waals surface area contributed by atoms with E-state index in [4.69, 9.17) is 14.2 Å². The Morgan fingerprint density at radius 1 is 0.964 bits per heavy atom. The lowest BCUT2D eigenvalue weighted by Crippen LogP contribution is -2.45. The Morgan fingerprint density at radius 2 is 1.68 bits per heavy atom. The molecule has 0 aliphatic rings. The number of carbonyl (C=O) groups is 2. The summed E-state index contributed by atoms with van der Waals surface area (Å²) >= 11 is 0. The van der Waals surface area contributed by atoms with E-state index < -0.39 is 17.4 Å². The van der Waals surface area contributed by atoms with Crippen LogP contribution in [0.15, 0.2) is 48.5 Å². The molecule has 0 aliphatic heterocycles. The van der Waals surface area contributed by atoms with E-state index in [1.165, 1.54) is 14.2 Å². The van der Waals surface area contributed by atoms with E-state index in [2.05, 4.69) is 10.6 Å². The van der Waals surface area contributed by atoms with Gasteiger partial charge in [-0.1, -0.05) is 37.3 Å². The Balaban J connectivity index is 2.07. The minimum absolute atomic E-state index is 0.163. The summed E-state index contributed by atoms with van der Waals surface area (Å²) in [7, 11) is 4.59. The molecule has 0 fully saturated rings. The SMILES string of the molecule is CCC(CNC(=O)C(=O)Nc1ccc(OC)cc1OC)(OC)c1ccccc1. The van der Waals surface area contributed by atoms with Gasteiger partial charge in [0.2, 0.25) is 0 Å². The number of nitrogens with one attached hydrogen (secondary N) is 2. The highest BCUT2D eigenvalue weighted by molar-refractivity contribution is 6.39. The van der Waals surface area contributed by atoms with Crippen molar-refractivity contribution in [2.45, 2.75) is 18.9 Å². The summed E-state index contributed by atoms with van der Waals surface area (Å²) in [5.41, 5.74) is 0.590. The van der Waals surface area contributed by atoms with Crippen molar-refractivity contribution >= 4 is 17.5 Å². The Hall–Kier alpha value is -3.06. The Kier molecular flexibility index (Phi) is 7.40. The minimum Gasteiger partial charge on any atom is -0.497 e. The van der Waals surface area contributed by atoms with Crippen LogP contribution >= 0.6 is 0 Å². The molecule has 0 saturated carbocycles. The molecule has 28 heavy (non-hydrogen) atoms. The molecule has 7 heteroatoms. The van der Waals surface area contributed by atoms with Gasteiger partial charge in [-0.15, -0.1) is 0 Å². The van der Waals surface area contributed by atoms with Gasteiger partial charge in [0.15, 0.2) is 0 Å². The van der Waals surface area contributed by atoms with E-state index in [0.717, 1.165) is 5.56 Å². The van der Waals surface area contributed by atoms with Crippen molar-refractivity contribution in [3.63, 3.8) is 0 Å². The first-order valence-corrected chi connectivity index (χ1v) is 8.91. The number of ether oxygens (including phenoxy) is 3. The van der Waals surface area contributed by atoms with Gasteiger partial charge in [0.05, 0.1) is 26.5 Å². The first-order chi connectivity index (χ1) is 13.5. The number of hydrogen-bond donors (Lipinski definition) is 2. The third kappa shape index (κ3) is 4.80. The number of hydrogen-bond acceptors (Lipinski definition) is 5. The molecule has 0 aliphatic carbocycles. The van der Waals surface area contributed by atoms with Crippen molar-refractivity contribution in [2.75, 3.05) is 33.2 Å². The van der Waals surface area contributed by atoms with Gasteiger partial charge >= 0.3 is 11.8 Å². The third-order valence-electron chi connectivity index (χ3n) is 4.66. The van der Waals surface area contributed by atoms with Gasteiger partial charge in [-0.3, -0.25) is 9.59 Å². The van der Waals surface area contributed by atoms with Crippen molar-refractivity contribution in [3.8, 4) is 11.5 Å². The number of benzene rings is 2. The van der Waals surface area contributed by atoms with Gasteiger partial charge in [0.25, 0.3) is 0 Å². The average Bonchev–Trinajstić information content (AvgIpc) is 2.75. The van der Waals surface area contributed by atoms with Crippen LogP contribution in [0, 0.1) is 0 Å². The highest BCUT2D eigenvalue weighted by Gasteiger charge is 2.31. The maximum Gasteiger partial charge on any atom is 0.313 e. The Labute approximate surface area is 165 Å². The molecule has 0 spiro atoms. The topological polar surface area (TPSA) is 85.9 Å². The van der Waals surface area contributed by atoms with Crippen molar-refractivity contribution < 1.29 is 23.8 Å². The molecule has 1 unspecified atom stereocenters. The second kappa shape index (κ2) is 9.75. The van der Waals surface area contributed by atoms with Gasteiger partial charge in [-0.05, 0) is 24.1 Å². The van der Waals surface area contributed by atoms with Gasteiger partial charge in [-0.2, -0.15) is 0 Å². The highest BCUT2D eigenvalue weighted by Crippen LogP contribution is 2.29. The summed E-state index contributed by atoms with van der Waals surface area (Å²) in [5, 5.41) is 5.21. The van der Waals surface area contributed by atoms with Crippen LogP contribution in [-0.4, -0.2) is 39.7 Å². The maximum absolute atomic E-state index is 12.3. The number of amides is 2. The molecule has 1 atom stereocenters. The van der Waals surface area contributed by atoms with Crippen LogP contribution < -0.4 is 20.1 Å². The lowest BCUT2D eigenvalue weighted by molar-refractivity contribution is -0.137. The van der Waals surface area contributed by atoms with Crippen LogP contribution in [0.4, 0.5) is 5.69 Å². The van der Waals surface area contributed by atoms with E-state index in [-0.39, 0.29) is 6.54 Å². The predicted molar refractivity (Wildman–Crippen MR) is 107 cm³/mol. The lowest BCUT2D eigenvalue weighted by Gasteiger charge is -2.32. The summed E-state index contributed by atoms with van der Waals surface area (Å²) in [6.45, 7) is 2.13. The molecule has 2 aromatic rings. The van der Waals surface area contributed by atoms with Crippen LogP contribution in [0.2, 0.25) is 0 Å². The van der Waals surface area contributed by atoms with Gasteiger partial charge in [0.1, 0.15) is 17.1 Å². The fraction of sp³-hybridized carbons (Fsp3) is 0.333. The molecular formula is C21H26N2O5. The smallest absolute Gasteiger partial charge is 0.313 e. The van der Waals surface area contributed by atoms with Crippen molar-refractivity contribution in [3.05, 3.63) is 54.1 Å². The van der Waals surface area contributed by atoms with E-state index in [1.54, 1.807) is 25.3 Å². The predicted octanol–water partition coefficient (Wildman–Crippen LogP) is 2.71. The molecule has 7 nitrogen and oxygen atoms in total. The molecule has 0 heterocycles. The van der Waals surface area contributed by atoms with Crippen LogP contribution in [0.3, 0.4) is 0 Å². The summed E-state index contributed by atoms with van der Waals surface area (Å²) < 4.78 is 16.1. The summed E-state index contributed by atoms with van der Waals surface area (Å²) in [4.78, 5) is 24.7. The molecule has 2 amide bonds. The monoisotopic (exact) mass is 386 g/mol. The quantitative estimate of drug-likeness (QED) is 0.682. The fourth-order valence-electron chi connectivity index (χ4n) is 2.89. The summed E-state index contributed by atoms with van der Waals surface area (Å²) in [6.07, 6.45) is 0.627. The minimum atomic E-state index is -0.794. The normalized spacial score (nSPS) is 12.6. The van der Waals surface area contributed by atoms with Crippen molar-refractivity contribution in [1.82, 2.24) is 5.32 Å². The van der Waals surface area contributed by atoms with Gasteiger partial charge < -0.3 is 24.8 Å². The zero-order valence-corrected chi connectivity index (χ0v) is 16.6. The fourth-order valence-corrected chi connectivity index (χ4v) is 2.89.